The molecule has 1 aromatic heterocycles. The summed E-state index contributed by atoms with van der Waals surface area (Å²) in [4.78, 5) is 42.1. The van der Waals surface area contributed by atoms with Crippen LogP contribution in [0.15, 0.2) is 28.2 Å². The van der Waals surface area contributed by atoms with Crippen LogP contribution in [-0.2, 0) is 16.1 Å². The number of urea groups is 1. The van der Waals surface area contributed by atoms with E-state index >= 15 is 0 Å². The summed E-state index contributed by atoms with van der Waals surface area (Å²) in [6, 6.07) is 4.70. The maximum absolute atomic E-state index is 13.0. The van der Waals surface area contributed by atoms with E-state index in [1.54, 1.807) is 22.8 Å². The Bertz CT molecular complexity index is 949. The molecule has 1 aliphatic heterocycles. The number of halogens is 1. The summed E-state index contributed by atoms with van der Waals surface area (Å²) in [5.74, 6) is 0.396. The van der Waals surface area contributed by atoms with Gasteiger partial charge >= 0.3 is 6.03 Å². The molecular weight excluding hydrogens is 416 g/mol. The molecule has 29 heavy (non-hydrogen) atoms. The van der Waals surface area contributed by atoms with Gasteiger partial charge in [0.2, 0.25) is 5.91 Å². The molecule has 1 aromatic carbocycles. The minimum Gasteiger partial charge on any atom is -0.382 e. The molecule has 10 heteroatoms. The number of amides is 3. The standard InChI is InChI=1S/C19H23ClN4O4S/c1-2-28-9-3-7-24-17(26)14-6-5-13(20)11-15(14)22-19(24)29-10-4-8-23-16(25)12-21-18(23)27/h5-6,11H,2-4,7-10,12H2,1H3,(H,21,27). The van der Waals surface area contributed by atoms with E-state index in [-0.39, 0.29) is 24.0 Å². The Morgan fingerprint density at radius 2 is 2.07 bits per heavy atom. The number of benzene rings is 1. The number of carbonyl (C=O) groups is 2. The maximum Gasteiger partial charge on any atom is 0.324 e. The molecule has 1 saturated heterocycles. The predicted octanol–water partition coefficient (Wildman–Crippen LogP) is 2.51. The third-order valence-corrected chi connectivity index (χ3v) is 5.75. The first-order valence-electron chi connectivity index (χ1n) is 9.50. The zero-order chi connectivity index (χ0) is 20.8. The molecule has 3 rings (SSSR count). The fourth-order valence-corrected chi connectivity index (χ4v) is 4.13. The van der Waals surface area contributed by atoms with Gasteiger partial charge in [-0.1, -0.05) is 23.4 Å². The van der Waals surface area contributed by atoms with E-state index in [9.17, 15) is 14.4 Å². The number of rotatable bonds is 10. The first-order valence-corrected chi connectivity index (χ1v) is 10.9. The van der Waals surface area contributed by atoms with Gasteiger partial charge in [-0.15, -0.1) is 0 Å². The van der Waals surface area contributed by atoms with E-state index in [1.165, 1.54) is 16.7 Å². The molecular formula is C19H23ClN4O4S. The second-order valence-corrected chi connectivity index (χ2v) is 7.97. The quantitative estimate of drug-likeness (QED) is 0.265. The van der Waals surface area contributed by atoms with Crippen LogP contribution in [0.2, 0.25) is 5.02 Å². The Kier molecular flexibility index (Phi) is 7.51. The number of fused-ring (bicyclic) bond motifs is 1. The van der Waals surface area contributed by atoms with E-state index < -0.39 is 0 Å². The summed E-state index contributed by atoms with van der Waals surface area (Å²) in [5.41, 5.74) is 0.444. The number of aromatic nitrogens is 2. The Morgan fingerprint density at radius 3 is 2.79 bits per heavy atom. The van der Waals surface area contributed by atoms with E-state index in [4.69, 9.17) is 16.3 Å². The van der Waals surface area contributed by atoms with Crippen molar-refractivity contribution in [1.82, 2.24) is 19.8 Å². The van der Waals surface area contributed by atoms with Crippen LogP contribution in [0.25, 0.3) is 10.9 Å². The lowest BCUT2D eigenvalue weighted by molar-refractivity contribution is -0.124. The summed E-state index contributed by atoms with van der Waals surface area (Å²) < 4.78 is 7.04. The highest BCUT2D eigenvalue weighted by Crippen LogP contribution is 2.21. The van der Waals surface area contributed by atoms with Gasteiger partial charge < -0.3 is 10.1 Å². The molecule has 1 fully saturated rings. The number of carbonyl (C=O) groups excluding carboxylic acids is 2. The monoisotopic (exact) mass is 438 g/mol. The lowest BCUT2D eigenvalue weighted by atomic mass is 10.2. The first-order chi connectivity index (χ1) is 14.0. The third-order valence-electron chi connectivity index (χ3n) is 4.45. The third kappa shape index (κ3) is 5.29. The number of hydrogen-bond donors (Lipinski definition) is 1. The SMILES string of the molecule is CCOCCCn1c(SCCCN2C(=O)CNC2=O)nc2cc(Cl)ccc2c1=O. The van der Waals surface area contributed by atoms with E-state index in [1.807, 2.05) is 6.92 Å². The predicted molar refractivity (Wildman–Crippen MR) is 113 cm³/mol. The lowest BCUT2D eigenvalue weighted by Gasteiger charge is -2.14. The molecule has 0 aliphatic carbocycles. The fraction of sp³-hybridized carbons (Fsp3) is 0.474. The van der Waals surface area contributed by atoms with Gasteiger partial charge in [-0.3, -0.25) is 19.1 Å². The minimum atomic E-state index is -0.355. The molecule has 0 bridgehead atoms. The second-order valence-electron chi connectivity index (χ2n) is 6.47. The van der Waals surface area contributed by atoms with Crippen molar-refractivity contribution in [3.63, 3.8) is 0 Å². The molecule has 1 aliphatic rings. The summed E-state index contributed by atoms with van der Waals surface area (Å²) in [6.07, 6.45) is 1.30. The molecule has 2 aromatic rings. The van der Waals surface area contributed by atoms with Gasteiger partial charge in [0.15, 0.2) is 5.16 Å². The molecule has 0 radical (unpaired) electrons. The highest BCUT2D eigenvalue weighted by Gasteiger charge is 2.27. The highest BCUT2D eigenvalue weighted by atomic mass is 35.5. The smallest absolute Gasteiger partial charge is 0.324 e. The summed E-state index contributed by atoms with van der Waals surface area (Å²) in [5, 5.41) is 4.14. The lowest BCUT2D eigenvalue weighted by Crippen LogP contribution is -2.32. The molecule has 156 valence electrons. The molecule has 8 nitrogen and oxygen atoms in total. The Labute approximate surface area is 177 Å². The number of nitrogens with zero attached hydrogens (tertiary/aromatic N) is 3. The van der Waals surface area contributed by atoms with Crippen molar-refractivity contribution in [3.05, 3.63) is 33.6 Å². The summed E-state index contributed by atoms with van der Waals surface area (Å²) in [6.45, 7) is 4.02. The molecule has 0 saturated carbocycles. The molecule has 0 unspecified atom stereocenters. The zero-order valence-electron chi connectivity index (χ0n) is 16.1. The van der Waals surface area contributed by atoms with Crippen molar-refractivity contribution >= 4 is 46.2 Å². The highest BCUT2D eigenvalue weighted by molar-refractivity contribution is 7.99. The number of ether oxygens (including phenoxy) is 1. The Balaban J connectivity index is 1.73. The van der Waals surface area contributed by atoms with Gasteiger partial charge in [-0.25, -0.2) is 9.78 Å². The zero-order valence-corrected chi connectivity index (χ0v) is 17.7. The van der Waals surface area contributed by atoms with Crippen molar-refractivity contribution in [2.24, 2.45) is 0 Å². The Hall–Kier alpha value is -2.10. The molecule has 0 spiro atoms. The van der Waals surface area contributed by atoms with E-state index in [0.29, 0.717) is 66.0 Å². The number of thioether (sulfide) groups is 1. The van der Waals surface area contributed by atoms with Crippen molar-refractivity contribution in [3.8, 4) is 0 Å². The normalized spacial score (nSPS) is 14.1. The summed E-state index contributed by atoms with van der Waals surface area (Å²) in [7, 11) is 0. The number of imide groups is 1. The molecule has 2 heterocycles. The van der Waals surface area contributed by atoms with Crippen LogP contribution in [0.1, 0.15) is 19.8 Å². The van der Waals surface area contributed by atoms with Crippen LogP contribution in [-0.4, -0.2) is 58.4 Å². The number of hydrogen-bond acceptors (Lipinski definition) is 6. The Morgan fingerprint density at radius 1 is 1.24 bits per heavy atom. The topological polar surface area (TPSA) is 93.5 Å². The van der Waals surface area contributed by atoms with E-state index in [2.05, 4.69) is 10.3 Å². The van der Waals surface area contributed by atoms with Crippen LogP contribution >= 0.6 is 23.4 Å². The van der Waals surface area contributed by atoms with Crippen LogP contribution < -0.4 is 10.9 Å². The van der Waals surface area contributed by atoms with Crippen LogP contribution in [0.5, 0.6) is 0 Å². The maximum atomic E-state index is 13.0. The fourth-order valence-electron chi connectivity index (χ4n) is 3.02. The van der Waals surface area contributed by atoms with Crippen molar-refractivity contribution in [1.29, 1.82) is 0 Å². The summed E-state index contributed by atoms with van der Waals surface area (Å²) >= 11 is 7.49. The van der Waals surface area contributed by atoms with Gasteiger partial charge in [0.05, 0.1) is 17.4 Å². The van der Waals surface area contributed by atoms with Crippen molar-refractivity contribution < 1.29 is 14.3 Å². The average molecular weight is 439 g/mol. The van der Waals surface area contributed by atoms with Gasteiger partial charge in [0.25, 0.3) is 5.56 Å². The van der Waals surface area contributed by atoms with Gasteiger partial charge in [-0.05, 0) is 38.0 Å². The molecule has 1 N–H and O–H groups in total. The number of nitrogens with one attached hydrogen (secondary N) is 1. The largest absolute Gasteiger partial charge is 0.382 e. The average Bonchev–Trinajstić information content (AvgIpc) is 3.01. The van der Waals surface area contributed by atoms with Crippen molar-refractivity contribution in [2.45, 2.75) is 31.5 Å². The minimum absolute atomic E-state index is 0.0539. The van der Waals surface area contributed by atoms with Gasteiger partial charge in [0.1, 0.15) is 0 Å². The van der Waals surface area contributed by atoms with Crippen LogP contribution in [0, 0.1) is 0 Å². The van der Waals surface area contributed by atoms with Gasteiger partial charge in [-0.2, -0.15) is 0 Å². The first kappa shape index (κ1) is 21.6. The van der Waals surface area contributed by atoms with Crippen LogP contribution in [0.4, 0.5) is 4.79 Å². The second kappa shape index (κ2) is 10.1. The molecule has 3 amide bonds. The van der Waals surface area contributed by atoms with Crippen molar-refractivity contribution in [2.75, 3.05) is 32.1 Å². The molecule has 0 atom stereocenters. The van der Waals surface area contributed by atoms with Crippen LogP contribution in [0.3, 0.4) is 0 Å². The van der Waals surface area contributed by atoms with Gasteiger partial charge in [0, 0.05) is 37.1 Å². The van der Waals surface area contributed by atoms with E-state index in [0.717, 1.165) is 0 Å².